The van der Waals surface area contributed by atoms with Crippen LogP contribution in [0.25, 0.3) is 6.08 Å². The number of nitro benzene ring substituents is 1. The molecule has 140 valence electrons. The predicted octanol–water partition coefficient (Wildman–Crippen LogP) is 4.20. The highest BCUT2D eigenvalue weighted by atomic mass is 16.6. The summed E-state index contributed by atoms with van der Waals surface area (Å²) in [7, 11) is 0. The average molecular weight is 368 g/mol. The summed E-state index contributed by atoms with van der Waals surface area (Å²) in [6, 6.07) is 12.4. The molecule has 1 amide bonds. The van der Waals surface area contributed by atoms with Crippen LogP contribution in [0.3, 0.4) is 0 Å². The molecule has 0 aliphatic rings. The van der Waals surface area contributed by atoms with E-state index in [-0.39, 0.29) is 5.69 Å². The lowest BCUT2D eigenvalue weighted by Crippen LogP contribution is -2.10. The van der Waals surface area contributed by atoms with E-state index in [2.05, 4.69) is 5.32 Å². The van der Waals surface area contributed by atoms with Crippen LogP contribution < -0.4 is 5.32 Å². The quantitative estimate of drug-likeness (QED) is 0.247. The molecule has 2 aromatic rings. The maximum absolute atomic E-state index is 12.0. The van der Waals surface area contributed by atoms with Gasteiger partial charge in [0.2, 0.25) is 5.91 Å². The number of carbonyl (C=O) groups is 2. The molecule has 7 nitrogen and oxygen atoms in total. The molecule has 27 heavy (non-hydrogen) atoms. The van der Waals surface area contributed by atoms with Gasteiger partial charge in [-0.15, -0.1) is 0 Å². The Kier molecular flexibility index (Phi) is 7.25. The van der Waals surface area contributed by atoms with E-state index in [1.54, 1.807) is 30.3 Å². The van der Waals surface area contributed by atoms with Crippen molar-refractivity contribution in [1.82, 2.24) is 0 Å². The number of esters is 1. The molecule has 2 aromatic carbocycles. The molecule has 0 bridgehead atoms. The normalized spacial score (nSPS) is 10.6. The maximum atomic E-state index is 12.0. The number of anilines is 1. The molecule has 0 atom stereocenters. The van der Waals surface area contributed by atoms with Crippen molar-refractivity contribution in [2.45, 2.75) is 19.8 Å². The van der Waals surface area contributed by atoms with E-state index in [4.69, 9.17) is 4.74 Å². The molecule has 7 heteroatoms. The monoisotopic (exact) mass is 368 g/mol. The van der Waals surface area contributed by atoms with Crippen molar-refractivity contribution in [3.63, 3.8) is 0 Å². The molecule has 0 unspecified atom stereocenters. The first kappa shape index (κ1) is 19.8. The largest absolute Gasteiger partial charge is 0.462 e. The fourth-order valence-electron chi connectivity index (χ4n) is 2.21. The summed E-state index contributed by atoms with van der Waals surface area (Å²) in [4.78, 5) is 34.3. The number of rotatable bonds is 8. The number of hydrogen-bond donors (Lipinski definition) is 1. The van der Waals surface area contributed by atoms with Gasteiger partial charge in [0.1, 0.15) is 0 Å². The van der Waals surface area contributed by atoms with Crippen molar-refractivity contribution in [3.8, 4) is 0 Å². The van der Waals surface area contributed by atoms with E-state index in [9.17, 15) is 19.7 Å². The molecule has 0 radical (unpaired) electrons. The van der Waals surface area contributed by atoms with Crippen LogP contribution in [0.5, 0.6) is 0 Å². The molecule has 0 spiro atoms. The number of carbonyl (C=O) groups excluding carboxylic acids is 2. The van der Waals surface area contributed by atoms with Gasteiger partial charge in [-0.05, 0) is 36.3 Å². The first-order chi connectivity index (χ1) is 13.0. The van der Waals surface area contributed by atoms with Gasteiger partial charge in [0, 0.05) is 23.9 Å². The zero-order valence-corrected chi connectivity index (χ0v) is 14.9. The Balaban J connectivity index is 1.99. The van der Waals surface area contributed by atoms with E-state index in [0.29, 0.717) is 23.4 Å². The summed E-state index contributed by atoms with van der Waals surface area (Å²) < 4.78 is 5.14. The van der Waals surface area contributed by atoms with Crippen LogP contribution >= 0.6 is 0 Å². The topological polar surface area (TPSA) is 98.5 Å². The minimum absolute atomic E-state index is 0.0492. The molecule has 0 aliphatic carbocycles. The Hall–Kier alpha value is -3.48. The Morgan fingerprint density at radius 2 is 1.96 bits per heavy atom. The smallest absolute Gasteiger partial charge is 0.338 e. The van der Waals surface area contributed by atoms with Crippen LogP contribution in [-0.4, -0.2) is 23.4 Å². The highest BCUT2D eigenvalue weighted by Gasteiger charge is 2.08. The minimum atomic E-state index is -0.498. The molecule has 0 saturated heterocycles. The van der Waals surface area contributed by atoms with E-state index in [0.717, 1.165) is 12.8 Å². The third-order valence-corrected chi connectivity index (χ3v) is 3.61. The molecule has 0 aliphatic heterocycles. The molecule has 2 rings (SSSR count). The lowest BCUT2D eigenvalue weighted by atomic mass is 10.2. The second kappa shape index (κ2) is 9.86. The first-order valence-corrected chi connectivity index (χ1v) is 8.50. The fraction of sp³-hybridized carbons (Fsp3) is 0.200. The Bertz CT molecular complexity index is 861. The number of nitrogens with one attached hydrogen (secondary N) is 1. The van der Waals surface area contributed by atoms with Crippen molar-refractivity contribution in [1.29, 1.82) is 0 Å². The van der Waals surface area contributed by atoms with E-state index < -0.39 is 16.8 Å². The van der Waals surface area contributed by atoms with Crippen molar-refractivity contribution >= 4 is 29.3 Å². The number of nitro groups is 1. The molecule has 0 heterocycles. The van der Waals surface area contributed by atoms with Gasteiger partial charge in [0.25, 0.3) is 5.69 Å². The van der Waals surface area contributed by atoms with Crippen LogP contribution in [0.1, 0.15) is 35.7 Å². The average Bonchev–Trinajstić information content (AvgIpc) is 2.67. The van der Waals surface area contributed by atoms with Crippen molar-refractivity contribution in [2.75, 3.05) is 11.9 Å². The van der Waals surface area contributed by atoms with Crippen LogP contribution in [0.2, 0.25) is 0 Å². The molecule has 0 fully saturated rings. The number of unbranched alkanes of at least 4 members (excludes halogenated alkanes) is 1. The van der Waals surface area contributed by atoms with E-state index in [1.807, 2.05) is 6.92 Å². The van der Waals surface area contributed by atoms with Gasteiger partial charge in [-0.25, -0.2) is 4.79 Å². The highest BCUT2D eigenvalue weighted by molar-refractivity contribution is 6.02. The van der Waals surface area contributed by atoms with Crippen molar-refractivity contribution in [3.05, 3.63) is 75.8 Å². The zero-order chi connectivity index (χ0) is 19.6. The summed E-state index contributed by atoms with van der Waals surface area (Å²) >= 11 is 0. The van der Waals surface area contributed by atoms with Gasteiger partial charge in [0.15, 0.2) is 0 Å². The van der Waals surface area contributed by atoms with E-state index >= 15 is 0 Å². The lowest BCUT2D eigenvalue weighted by Gasteiger charge is -2.06. The van der Waals surface area contributed by atoms with Gasteiger partial charge >= 0.3 is 5.97 Å². The third kappa shape index (κ3) is 6.39. The van der Waals surface area contributed by atoms with E-state index in [1.165, 1.54) is 30.4 Å². The fourth-order valence-corrected chi connectivity index (χ4v) is 2.21. The summed E-state index contributed by atoms with van der Waals surface area (Å²) in [5.41, 5.74) is 1.29. The second-order valence-corrected chi connectivity index (χ2v) is 5.74. The summed E-state index contributed by atoms with van der Waals surface area (Å²) in [5.74, 6) is -0.857. The Morgan fingerprint density at radius 3 is 2.70 bits per heavy atom. The van der Waals surface area contributed by atoms with Crippen molar-refractivity contribution < 1.29 is 19.2 Å². The Labute approximate surface area is 156 Å². The molecule has 1 N–H and O–H groups in total. The van der Waals surface area contributed by atoms with Gasteiger partial charge in [0.05, 0.1) is 17.1 Å². The second-order valence-electron chi connectivity index (χ2n) is 5.74. The zero-order valence-electron chi connectivity index (χ0n) is 14.9. The first-order valence-electron chi connectivity index (χ1n) is 8.50. The Morgan fingerprint density at radius 1 is 1.19 bits per heavy atom. The minimum Gasteiger partial charge on any atom is -0.462 e. The standard InChI is InChI=1S/C20H20N2O5/c1-2-3-12-27-20(24)16-7-5-8-17(14-16)21-19(23)11-10-15-6-4-9-18(13-15)22(25)26/h4-11,13-14H,2-3,12H2,1H3,(H,21,23). The van der Waals surface area contributed by atoms with Crippen LogP contribution in [-0.2, 0) is 9.53 Å². The third-order valence-electron chi connectivity index (χ3n) is 3.61. The number of amides is 1. The number of benzene rings is 2. The number of non-ortho nitro benzene ring substituents is 1. The highest BCUT2D eigenvalue weighted by Crippen LogP contribution is 2.15. The van der Waals surface area contributed by atoms with Gasteiger partial charge in [-0.2, -0.15) is 0 Å². The van der Waals surface area contributed by atoms with Crippen LogP contribution in [0.15, 0.2) is 54.6 Å². The molecular formula is C20H20N2O5. The van der Waals surface area contributed by atoms with Gasteiger partial charge < -0.3 is 10.1 Å². The number of ether oxygens (including phenoxy) is 1. The predicted molar refractivity (Wildman–Crippen MR) is 102 cm³/mol. The molecular weight excluding hydrogens is 348 g/mol. The number of hydrogen-bond acceptors (Lipinski definition) is 5. The van der Waals surface area contributed by atoms with Gasteiger partial charge in [-0.3, -0.25) is 14.9 Å². The summed E-state index contributed by atoms with van der Waals surface area (Å²) in [6.45, 7) is 2.36. The molecule has 0 saturated carbocycles. The maximum Gasteiger partial charge on any atom is 0.338 e. The van der Waals surface area contributed by atoms with Crippen molar-refractivity contribution in [2.24, 2.45) is 0 Å². The molecule has 0 aromatic heterocycles. The summed E-state index contributed by atoms with van der Waals surface area (Å²) in [6.07, 6.45) is 4.47. The van der Waals surface area contributed by atoms with Crippen LogP contribution in [0, 0.1) is 10.1 Å². The lowest BCUT2D eigenvalue weighted by molar-refractivity contribution is -0.384. The SMILES string of the molecule is CCCCOC(=O)c1cccc(NC(=O)C=Cc2cccc([N+](=O)[O-])c2)c1. The summed E-state index contributed by atoms with van der Waals surface area (Å²) in [5, 5.41) is 13.4. The number of nitrogens with zero attached hydrogens (tertiary/aromatic N) is 1. The van der Waals surface area contributed by atoms with Crippen LogP contribution in [0.4, 0.5) is 11.4 Å². The van der Waals surface area contributed by atoms with Gasteiger partial charge in [-0.1, -0.05) is 31.5 Å².